The minimum atomic E-state index is 0.631. The smallest absolute Gasteiger partial charge is 0.136 e. The third-order valence-electron chi connectivity index (χ3n) is 8.91. The third kappa shape index (κ3) is 4.24. The van der Waals surface area contributed by atoms with E-state index in [0.717, 1.165) is 60.9 Å². The topological polar surface area (TPSA) is 36.9 Å². The van der Waals surface area contributed by atoms with E-state index in [1.165, 1.54) is 25.7 Å². The number of hydrogen-bond donors (Lipinski definition) is 0. The molecule has 0 saturated heterocycles. The van der Waals surface area contributed by atoms with Crippen LogP contribution in [0.3, 0.4) is 0 Å². The van der Waals surface area contributed by atoms with Gasteiger partial charge in [0.05, 0.1) is 11.6 Å². The molecule has 0 unspecified atom stereocenters. The Morgan fingerprint density at radius 3 is 2.07 bits per heavy atom. The van der Waals surface area contributed by atoms with Gasteiger partial charge >= 0.3 is 0 Å². The summed E-state index contributed by atoms with van der Waals surface area (Å²) in [6.45, 7) is 0. The molecular formula is C43H25NOS. The van der Waals surface area contributed by atoms with Gasteiger partial charge in [-0.2, -0.15) is 5.26 Å². The van der Waals surface area contributed by atoms with Gasteiger partial charge in [0.25, 0.3) is 0 Å². The van der Waals surface area contributed by atoms with Crippen LogP contribution in [0.4, 0.5) is 0 Å². The Kier molecular flexibility index (Phi) is 6.09. The van der Waals surface area contributed by atoms with Crippen molar-refractivity contribution in [2.24, 2.45) is 0 Å². The minimum Gasteiger partial charge on any atom is -0.456 e. The summed E-state index contributed by atoms with van der Waals surface area (Å²) in [6, 6.07) is 55.5. The van der Waals surface area contributed by atoms with Gasteiger partial charge in [0, 0.05) is 30.9 Å². The number of para-hydroxylation sites is 1. The molecule has 0 fully saturated rings. The van der Waals surface area contributed by atoms with Crippen molar-refractivity contribution in [3.05, 3.63) is 157 Å². The molecule has 0 aliphatic rings. The second-order valence-electron chi connectivity index (χ2n) is 11.6. The molecule has 0 aliphatic heterocycles. The lowest BCUT2D eigenvalue weighted by molar-refractivity contribution is 0.669. The largest absolute Gasteiger partial charge is 0.456 e. The number of nitrogens with zero attached hydrogens (tertiary/aromatic N) is 1. The first-order chi connectivity index (χ1) is 22.7. The number of furan rings is 1. The molecule has 0 aliphatic carbocycles. The Hall–Kier alpha value is -5.95. The van der Waals surface area contributed by atoms with Crippen LogP contribution < -0.4 is 0 Å². The quantitative estimate of drug-likeness (QED) is 0.201. The van der Waals surface area contributed by atoms with Crippen molar-refractivity contribution in [3.8, 4) is 50.6 Å². The van der Waals surface area contributed by atoms with E-state index in [2.05, 4.69) is 109 Å². The number of fused-ring (bicyclic) bond motifs is 6. The molecule has 214 valence electrons. The highest BCUT2D eigenvalue weighted by molar-refractivity contribution is 7.26. The summed E-state index contributed by atoms with van der Waals surface area (Å²) in [4.78, 5) is 0. The summed E-state index contributed by atoms with van der Waals surface area (Å²) >= 11 is 1.84. The van der Waals surface area contributed by atoms with Crippen LogP contribution in [0, 0.1) is 11.3 Å². The van der Waals surface area contributed by atoms with Crippen molar-refractivity contribution in [1.82, 2.24) is 0 Å². The fraction of sp³-hybridized carbons (Fsp3) is 0. The summed E-state index contributed by atoms with van der Waals surface area (Å²) < 4.78 is 8.87. The van der Waals surface area contributed by atoms with Crippen LogP contribution in [-0.2, 0) is 0 Å². The lowest BCUT2D eigenvalue weighted by Crippen LogP contribution is -1.91. The van der Waals surface area contributed by atoms with Crippen LogP contribution in [0.2, 0.25) is 0 Å². The number of thiophene rings is 1. The standard InChI is InChI=1S/C43H25NOS/c44-26-27-22-30(28-10-2-1-3-11-28)24-31(23-27)38-25-29(32-14-8-16-36-34-12-5-7-19-41(34)46-43(32)36)20-21-33(38)35-15-9-18-40-42(35)37-13-4-6-17-39(37)45-40/h1-25H. The molecule has 46 heavy (non-hydrogen) atoms. The van der Waals surface area contributed by atoms with Crippen LogP contribution >= 0.6 is 11.3 Å². The molecule has 0 amide bonds. The van der Waals surface area contributed by atoms with Gasteiger partial charge in [0.2, 0.25) is 0 Å². The highest BCUT2D eigenvalue weighted by Crippen LogP contribution is 2.45. The average Bonchev–Trinajstić information content (AvgIpc) is 3.70. The van der Waals surface area contributed by atoms with Crippen LogP contribution in [0.15, 0.2) is 156 Å². The number of benzene rings is 7. The molecule has 9 rings (SSSR count). The maximum absolute atomic E-state index is 10.2. The molecule has 9 aromatic rings. The first-order valence-corrected chi connectivity index (χ1v) is 16.1. The second-order valence-corrected chi connectivity index (χ2v) is 12.6. The summed E-state index contributed by atoms with van der Waals surface area (Å²) in [5.74, 6) is 0. The van der Waals surface area contributed by atoms with Crippen LogP contribution in [-0.4, -0.2) is 0 Å². The normalized spacial score (nSPS) is 11.5. The van der Waals surface area contributed by atoms with E-state index in [9.17, 15) is 5.26 Å². The van der Waals surface area contributed by atoms with Gasteiger partial charge in [-0.15, -0.1) is 11.3 Å². The SMILES string of the molecule is N#Cc1cc(-c2ccccc2)cc(-c2cc(-c3cccc4c3sc3ccccc34)ccc2-c2cccc3oc4ccccc4c23)c1. The molecule has 0 bridgehead atoms. The van der Waals surface area contributed by atoms with E-state index in [0.29, 0.717) is 5.56 Å². The van der Waals surface area contributed by atoms with Gasteiger partial charge in [-0.1, -0.05) is 109 Å². The number of hydrogen-bond acceptors (Lipinski definition) is 3. The highest BCUT2D eigenvalue weighted by Gasteiger charge is 2.19. The summed E-state index contributed by atoms with van der Waals surface area (Å²) in [5.41, 5.74) is 11.1. The van der Waals surface area contributed by atoms with E-state index in [-0.39, 0.29) is 0 Å². The van der Waals surface area contributed by atoms with E-state index in [1.807, 2.05) is 59.9 Å². The maximum Gasteiger partial charge on any atom is 0.136 e. The van der Waals surface area contributed by atoms with Crippen molar-refractivity contribution < 1.29 is 4.42 Å². The van der Waals surface area contributed by atoms with Gasteiger partial charge in [0.15, 0.2) is 0 Å². The Morgan fingerprint density at radius 1 is 0.457 bits per heavy atom. The Morgan fingerprint density at radius 2 is 1.17 bits per heavy atom. The maximum atomic E-state index is 10.2. The first-order valence-electron chi connectivity index (χ1n) is 15.3. The molecule has 0 radical (unpaired) electrons. The van der Waals surface area contributed by atoms with E-state index < -0.39 is 0 Å². The molecule has 2 heterocycles. The fourth-order valence-electron chi connectivity index (χ4n) is 6.80. The molecule has 0 spiro atoms. The average molecular weight is 604 g/mol. The number of rotatable bonds is 4. The lowest BCUT2D eigenvalue weighted by Gasteiger charge is -2.16. The number of nitriles is 1. The molecule has 2 aromatic heterocycles. The summed E-state index contributed by atoms with van der Waals surface area (Å²) in [5, 5.41) is 14.9. The Bertz CT molecular complexity index is 2650. The molecule has 3 heteroatoms. The van der Waals surface area contributed by atoms with Crippen molar-refractivity contribution in [1.29, 1.82) is 5.26 Å². The Labute approximate surface area is 270 Å². The molecule has 0 atom stereocenters. The molecule has 0 saturated carbocycles. The molecule has 0 N–H and O–H groups in total. The monoisotopic (exact) mass is 603 g/mol. The fourth-order valence-corrected chi connectivity index (χ4v) is 8.04. The van der Waals surface area contributed by atoms with Gasteiger partial charge < -0.3 is 4.42 Å². The predicted octanol–water partition coefficient (Wildman–Crippen LogP) is 12.5. The van der Waals surface area contributed by atoms with Gasteiger partial charge in [-0.05, 0) is 87.0 Å². The second kappa shape index (κ2) is 10.6. The molecule has 7 aromatic carbocycles. The van der Waals surface area contributed by atoms with E-state index >= 15 is 0 Å². The zero-order valence-corrected chi connectivity index (χ0v) is 25.5. The molecule has 2 nitrogen and oxygen atoms in total. The van der Waals surface area contributed by atoms with Crippen LogP contribution in [0.1, 0.15) is 5.56 Å². The first kappa shape index (κ1) is 26.5. The third-order valence-corrected chi connectivity index (χ3v) is 10.1. The highest BCUT2D eigenvalue weighted by atomic mass is 32.1. The Balaban J connectivity index is 1.35. The van der Waals surface area contributed by atoms with Gasteiger partial charge in [0.1, 0.15) is 11.2 Å². The van der Waals surface area contributed by atoms with E-state index in [4.69, 9.17) is 4.42 Å². The van der Waals surface area contributed by atoms with Gasteiger partial charge in [-0.25, -0.2) is 0 Å². The lowest BCUT2D eigenvalue weighted by atomic mass is 9.87. The predicted molar refractivity (Wildman–Crippen MR) is 193 cm³/mol. The summed E-state index contributed by atoms with van der Waals surface area (Å²) in [6.07, 6.45) is 0. The zero-order chi connectivity index (χ0) is 30.6. The van der Waals surface area contributed by atoms with Crippen LogP contribution in [0.5, 0.6) is 0 Å². The van der Waals surface area contributed by atoms with E-state index in [1.54, 1.807) is 0 Å². The van der Waals surface area contributed by atoms with Crippen LogP contribution in [0.25, 0.3) is 86.6 Å². The van der Waals surface area contributed by atoms with Crippen molar-refractivity contribution >= 4 is 53.4 Å². The summed E-state index contributed by atoms with van der Waals surface area (Å²) in [7, 11) is 0. The van der Waals surface area contributed by atoms with Crippen molar-refractivity contribution in [2.45, 2.75) is 0 Å². The van der Waals surface area contributed by atoms with Gasteiger partial charge in [-0.3, -0.25) is 0 Å². The molecular weight excluding hydrogens is 579 g/mol. The van der Waals surface area contributed by atoms with Crippen molar-refractivity contribution in [3.63, 3.8) is 0 Å². The van der Waals surface area contributed by atoms with Crippen molar-refractivity contribution in [2.75, 3.05) is 0 Å². The zero-order valence-electron chi connectivity index (χ0n) is 24.7. The minimum absolute atomic E-state index is 0.631.